The molecule has 34 heavy (non-hydrogen) atoms. The molecule has 3 aliphatic heterocycles. The van der Waals surface area contributed by atoms with E-state index in [4.69, 9.17) is 26.6 Å². The van der Waals surface area contributed by atoms with E-state index >= 15 is 0 Å². The van der Waals surface area contributed by atoms with Crippen LogP contribution in [0.1, 0.15) is 37.3 Å². The summed E-state index contributed by atoms with van der Waals surface area (Å²) in [7, 11) is 0. The molecule has 6 rings (SSSR count). The van der Waals surface area contributed by atoms with E-state index in [1.807, 2.05) is 34.9 Å². The standard InChI is InChI=1S/C25H28ClN7O/c26-19-7-9-20(10-8-19)27-23-28-24(31-11-2-1-3-12-31)30-25(29-23)32-14-17-13-18(16-32)21-5-4-6-22(34)33(21)15-17/h4-10,17-18H,1-3,11-16H2,(H,27,28,29,30)/t17-,18+/m1/s1. The van der Waals surface area contributed by atoms with Gasteiger partial charge in [-0.1, -0.05) is 17.7 Å². The molecule has 9 heteroatoms. The van der Waals surface area contributed by atoms with Crippen LogP contribution in [0, 0.1) is 5.92 Å². The minimum atomic E-state index is 0.0997. The van der Waals surface area contributed by atoms with Crippen LogP contribution in [0.3, 0.4) is 0 Å². The van der Waals surface area contributed by atoms with E-state index in [2.05, 4.69) is 21.2 Å². The molecule has 1 N–H and O–H groups in total. The van der Waals surface area contributed by atoms with Crippen molar-refractivity contribution in [2.75, 3.05) is 41.3 Å². The lowest BCUT2D eigenvalue weighted by molar-refractivity contribution is 0.279. The first-order valence-corrected chi connectivity index (χ1v) is 12.5. The molecule has 0 aliphatic carbocycles. The molecule has 3 aliphatic rings. The fraction of sp³-hybridized carbons (Fsp3) is 0.440. The zero-order valence-electron chi connectivity index (χ0n) is 19.0. The Hall–Kier alpha value is -3.13. The number of fused-ring (bicyclic) bond motifs is 4. The van der Waals surface area contributed by atoms with Crippen LogP contribution in [-0.4, -0.2) is 45.7 Å². The number of halogens is 1. The molecular formula is C25H28ClN7O. The van der Waals surface area contributed by atoms with Crippen molar-refractivity contribution in [3.63, 3.8) is 0 Å². The molecule has 2 atom stereocenters. The van der Waals surface area contributed by atoms with Gasteiger partial charge in [-0.15, -0.1) is 0 Å². The van der Waals surface area contributed by atoms with Gasteiger partial charge < -0.3 is 19.7 Å². The van der Waals surface area contributed by atoms with Gasteiger partial charge in [0, 0.05) is 61.1 Å². The Morgan fingerprint density at radius 3 is 2.41 bits per heavy atom. The molecule has 2 saturated heterocycles. The number of anilines is 4. The highest BCUT2D eigenvalue weighted by Crippen LogP contribution is 2.36. The first-order chi connectivity index (χ1) is 16.6. The van der Waals surface area contributed by atoms with E-state index in [9.17, 15) is 4.79 Å². The first-order valence-electron chi connectivity index (χ1n) is 12.1. The number of benzene rings is 1. The van der Waals surface area contributed by atoms with Crippen LogP contribution in [-0.2, 0) is 6.54 Å². The van der Waals surface area contributed by atoms with Crippen molar-refractivity contribution in [1.82, 2.24) is 19.5 Å². The van der Waals surface area contributed by atoms with E-state index in [0.29, 0.717) is 28.8 Å². The highest BCUT2D eigenvalue weighted by molar-refractivity contribution is 6.30. The van der Waals surface area contributed by atoms with Crippen molar-refractivity contribution in [3.8, 4) is 0 Å². The number of piperidine rings is 2. The zero-order valence-corrected chi connectivity index (χ0v) is 19.8. The number of nitrogens with zero attached hydrogens (tertiary/aromatic N) is 6. The van der Waals surface area contributed by atoms with Crippen LogP contribution in [0.2, 0.25) is 5.02 Å². The summed E-state index contributed by atoms with van der Waals surface area (Å²) in [6, 6.07) is 13.2. The van der Waals surface area contributed by atoms with Crippen LogP contribution in [0.15, 0.2) is 47.3 Å². The largest absolute Gasteiger partial charge is 0.341 e. The summed E-state index contributed by atoms with van der Waals surface area (Å²) in [5, 5.41) is 4.03. The second-order valence-electron chi connectivity index (χ2n) is 9.54. The molecule has 1 aromatic carbocycles. The third-order valence-corrected chi connectivity index (χ3v) is 7.37. The van der Waals surface area contributed by atoms with Gasteiger partial charge in [-0.05, 0) is 61.9 Å². The summed E-state index contributed by atoms with van der Waals surface area (Å²) in [5.41, 5.74) is 2.11. The Balaban J connectivity index is 1.33. The lowest BCUT2D eigenvalue weighted by atomic mass is 9.83. The fourth-order valence-corrected chi connectivity index (χ4v) is 5.63. The fourth-order valence-electron chi connectivity index (χ4n) is 5.51. The first kappa shape index (κ1) is 21.4. The van der Waals surface area contributed by atoms with E-state index < -0.39 is 0 Å². The SMILES string of the molecule is O=c1cccc2n1C[C@@H]1C[C@H]2CN(c2nc(Nc3ccc(Cl)cc3)nc(N3CCCCC3)n2)C1. The Morgan fingerprint density at radius 1 is 0.853 bits per heavy atom. The highest BCUT2D eigenvalue weighted by Gasteiger charge is 2.36. The number of pyridine rings is 1. The molecule has 3 aromatic rings. The second-order valence-corrected chi connectivity index (χ2v) is 9.98. The molecule has 0 amide bonds. The van der Waals surface area contributed by atoms with Gasteiger partial charge in [0.15, 0.2) is 0 Å². The molecule has 8 nitrogen and oxygen atoms in total. The van der Waals surface area contributed by atoms with Gasteiger partial charge in [0.25, 0.3) is 5.56 Å². The average molecular weight is 478 g/mol. The Kier molecular flexibility index (Phi) is 5.61. The lowest BCUT2D eigenvalue weighted by Gasteiger charge is -2.42. The third-order valence-electron chi connectivity index (χ3n) is 7.11. The summed E-state index contributed by atoms with van der Waals surface area (Å²) < 4.78 is 1.95. The van der Waals surface area contributed by atoms with Crippen molar-refractivity contribution < 1.29 is 0 Å². The van der Waals surface area contributed by atoms with E-state index in [0.717, 1.165) is 69.3 Å². The van der Waals surface area contributed by atoms with Gasteiger partial charge in [0.2, 0.25) is 17.8 Å². The molecule has 176 valence electrons. The monoisotopic (exact) mass is 477 g/mol. The molecule has 2 fully saturated rings. The lowest BCUT2D eigenvalue weighted by Crippen LogP contribution is -2.47. The molecule has 0 unspecified atom stereocenters. The molecule has 2 bridgehead atoms. The normalized spacial score (nSPS) is 21.8. The van der Waals surface area contributed by atoms with Gasteiger partial charge >= 0.3 is 0 Å². The van der Waals surface area contributed by atoms with Crippen molar-refractivity contribution in [2.24, 2.45) is 5.92 Å². The van der Waals surface area contributed by atoms with Gasteiger partial charge in [0.05, 0.1) is 0 Å². The van der Waals surface area contributed by atoms with Gasteiger partial charge in [0.1, 0.15) is 0 Å². The number of hydrogen-bond donors (Lipinski definition) is 1. The highest BCUT2D eigenvalue weighted by atomic mass is 35.5. The van der Waals surface area contributed by atoms with Crippen molar-refractivity contribution in [1.29, 1.82) is 0 Å². The topological polar surface area (TPSA) is 79.2 Å². The maximum absolute atomic E-state index is 12.4. The minimum absolute atomic E-state index is 0.0997. The van der Waals surface area contributed by atoms with E-state index in [-0.39, 0.29) is 5.56 Å². The summed E-state index contributed by atoms with van der Waals surface area (Å²) in [6.07, 6.45) is 4.65. The maximum Gasteiger partial charge on any atom is 0.250 e. The summed E-state index contributed by atoms with van der Waals surface area (Å²) in [5.74, 6) is 2.67. The zero-order chi connectivity index (χ0) is 23.1. The van der Waals surface area contributed by atoms with Crippen molar-refractivity contribution >= 4 is 35.1 Å². The quantitative estimate of drug-likeness (QED) is 0.607. The molecule has 0 saturated carbocycles. The number of rotatable bonds is 4. The van der Waals surface area contributed by atoms with Crippen LogP contribution in [0.5, 0.6) is 0 Å². The van der Waals surface area contributed by atoms with Crippen LogP contribution >= 0.6 is 11.6 Å². The Bertz CT molecular complexity index is 1240. The molecule has 2 aromatic heterocycles. The molecule has 5 heterocycles. The number of aromatic nitrogens is 4. The Labute approximate surface area is 203 Å². The van der Waals surface area contributed by atoms with Crippen LogP contribution in [0.25, 0.3) is 0 Å². The number of hydrogen-bond acceptors (Lipinski definition) is 7. The van der Waals surface area contributed by atoms with E-state index in [1.165, 1.54) is 6.42 Å². The Morgan fingerprint density at radius 2 is 1.62 bits per heavy atom. The van der Waals surface area contributed by atoms with Crippen LogP contribution in [0.4, 0.5) is 23.5 Å². The van der Waals surface area contributed by atoms with Crippen molar-refractivity contribution in [3.05, 3.63) is 63.5 Å². The van der Waals surface area contributed by atoms with Crippen LogP contribution < -0.4 is 20.7 Å². The summed E-state index contributed by atoms with van der Waals surface area (Å²) in [4.78, 5) is 31.5. The average Bonchev–Trinajstić information content (AvgIpc) is 2.86. The molecule has 0 radical (unpaired) electrons. The number of nitrogens with one attached hydrogen (secondary N) is 1. The van der Waals surface area contributed by atoms with Gasteiger partial charge in [-0.2, -0.15) is 15.0 Å². The van der Waals surface area contributed by atoms with E-state index in [1.54, 1.807) is 6.07 Å². The van der Waals surface area contributed by atoms with Crippen molar-refractivity contribution in [2.45, 2.75) is 38.1 Å². The third kappa shape index (κ3) is 4.22. The summed E-state index contributed by atoms with van der Waals surface area (Å²) >= 11 is 6.06. The smallest absolute Gasteiger partial charge is 0.250 e. The summed E-state index contributed by atoms with van der Waals surface area (Å²) in [6.45, 7) is 4.31. The molecule has 0 spiro atoms. The second kappa shape index (κ2) is 8.91. The minimum Gasteiger partial charge on any atom is -0.341 e. The maximum atomic E-state index is 12.4. The molecular weight excluding hydrogens is 450 g/mol. The predicted molar refractivity (Wildman–Crippen MR) is 134 cm³/mol. The predicted octanol–water partition coefficient (Wildman–Crippen LogP) is 4.04. The van der Waals surface area contributed by atoms with Gasteiger partial charge in [-0.3, -0.25) is 4.79 Å². The van der Waals surface area contributed by atoms with Gasteiger partial charge in [-0.25, -0.2) is 0 Å².